The molecule has 9 nitrogen and oxygen atoms in total. The molecule has 1 aromatic heterocycles. The Bertz CT molecular complexity index is 801. The van der Waals surface area contributed by atoms with E-state index in [2.05, 4.69) is 10.4 Å². The van der Waals surface area contributed by atoms with Crippen molar-refractivity contribution >= 4 is 34.9 Å². The number of thioether (sulfide) groups is 1. The van der Waals surface area contributed by atoms with Crippen LogP contribution in [0.3, 0.4) is 0 Å². The first-order valence-corrected chi connectivity index (χ1v) is 9.78. The highest BCUT2D eigenvalue weighted by Crippen LogP contribution is 2.26. The number of alkyl halides is 6. The number of rotatable bonds is 4. The third kappa shape index (κ3) is 13.5. The first kappa shape index (κ1) is 30.4. The van der Waals surface area contributed by atoms with Crippen LogP contribution in [0, 0.1) is 0 Å². The SMILES string of the molecule is CC(=O)SC1CCNC/C1=C\c1ccn(CCO)n1.O=C(O)C(F)(F)F.O=C(O)C(F)(F)F. The summed E-state index contributed by atoms with van der Waals surface area (Å²) in [5.74, 6) is -5.51. The molecule has 1 saturated heterocycles. The summed E-state index contributed by atoms with van der Waals surface area (Å²) in [5, 5.41) is 31.2. The van der Waals surface area contributed by atoms with E-state index >= 15 is 0 Å². The van der Waals surface area contributed by atoms with Gasteiger partial charge in [0.15, 0.2) is 5.12 Å². The van der Waals surface area contributed by atoms with E-state index in [0.29, 0.717) is 6.54 Å². The number of carbonyl (C=O) groups is 3. The Morgan fingerprint density at radius 3 is 2.12 bits per heavy atom. The van der Waals surface area contributed by atoms with E-state index in [1.165, 1.54) is 17.3 Å². The van der Waals surface area contributed by atoms with Crippen LogP contribution in [0.15, 0.2) is 17.8 Å². The fourth-order valence-corrected chi connectivity index (χ4v) is 3.05. The highest BCUT2D eigenvalue weighted by Gasteiger charge is 2.38. The van der Waals surface area contributed by atoms with Gasteiger partial charge >= 0.3 is 24.3 Å². The third-order valence-electron chi connectivity index (χ3n) is 3.44. The number of aliphatic carboxylic acids is 2. The number of hydrogen-bond acceptors (Lipinski definition) is 7. The lowest BCUT2D eigenvalue weighted by Gasteiger charge is -2.24. The highest BCUT2D eigenvalue weighted by molar-refractivity contribution is 8.14. The van der Waals surface area contributed by atoms with Crippen molar-refractivity contribution in [2.45, 2.75) is 37.5 Å². The van der Waals surface area contributed by atoms with Crippen LogP contribution in [-0.4, -0.2) is 79.5 Å². The molecule has 1 atom stereocenters. The van der Waals surface area contributed by atoms with Gasteiger partial charge in [-0.3, -0.25) is 9.48 Å². The molecular weight excluding hydrogens is 488 g/mol. The molecule has 0 spiro atoms. The van der Waals surface area contributed by atoms with Crippen LogP contribution in [0.1, 0.15) is 19.0 Å². The predicted molar refractivity (Wildman–Crippen MR) is 104 cm³/mol. The molecule has 1 aliphatic heterocycles. The maximum absolute atomic E-state index is 11.3. The molecule has 0 radical (unpaired) electrons. The number of aromatic nitrogens is 2. The summed E-state index contributed by atoms with van der Waals surface area (Å²) >= 11 is 1.40. The second-order valence-corrected chi connectivity index (χ2v) is 7.50. The van der Waals surface area contributed by atoms with E-state index in [-0.39, 0.29) is 17.0 Å². The number of halogens is 6. The van der Waals surface area contributed by atoms with Crippen molar-refractivity contribution in [3.05, 3.63) is 23.5 Å². The van der Waals surface area contributed by atoms with Crippen molar-refractivity contribution in [2.75, 3.05) is 19.7 Å². The Balaban J connectivity index is 0.000000605. The van der Waals surface area contributed by atoms with Gasteiger partial charge in [0.1, 0.15) is 0 Å². The minimum Gasteiger partial charge on any atom is -0.475 e. The lowest BCUT2D eigenvalue weighted by molar-refractivity contribution is -0.193. The van der Waals surface area contributed by atoms with Crippen LogP contribution in [0.5, 0.6) is 0 Å². The lowest BCUT2D eigenvalue weighted by Crippen LogP contribution is -2.32. The second kappa shape index (κ2) is 13.8. The Hall–Kier alpha value is -2.59. The Morgan fingerprint density at radius 1 is 1.18 bits per heavy atom. The van der Waals surface area contributed by atoms with Crippen LogP contribution < -0.4 is 5.32 Å². The maximum atomic E-state index is 11.3. The molecule has 188 valence electrons. The number of aliphatic hydroxyl groups is 1. The Labute approximate surface area is 187 Å². The highest BCUT2D eigenvalue weighted by atomic mass is 32.2. The van der Waals surface area contributed by atoms with Crippen LogP contribution in [-0.2, 0) is 20.9 Å². The van der Waals surface area contributed by atoms with Crippen LogP contribution in [0.25, 0.3) is 6.08 Å². The van der Waals surface area contributed by atoms with E-state index in [9.17, 15) is 31.1 Å². The topological polar surface area (TPSA) is 142 Å². The summed E-state index contributed by atoms with van der Waals surface area (Å²) in [6, 6.07) is 1.92. The van der Waals surface area contributed by atoms with Crippen LogP contribution in [0.2, 0.25) is 0 Å². The minimum absolute atomic E-state index is 0.0854. The van der Waals surface area contributed by atoms with Gasteiger partial charge in [-0.05, 0) is 30.7 Å². The monoisotopic (exact) mass is 509 g/mol. The summed E-state index contributed by atoms with van der Waals surface area (Å²) < 4.78 is 65.2. The van der Waals surface area contributed by atoms with Gasteiger partial charge in [-0.2, -0.15) is 31.4 Å². The average molecular weight is 509 g/mol. The molecule has 4 N–H and O–H groups in total. The summed E-state index contributed by atoms with van der Waals surface area (Å²) in [5.41, 5.74) is 2.09. The Kier molecular flexibility index (Phi) is 12.8. The molecule has 2 heterocycles. The molecular formula is C17H21F6N3O6S. The number of nitrogens with one attached hydrogen (secondary N) is 1. The van der Waals surface area contributed by atoms with Crippen molar-refractivity contribution < 1.29 is 56.0 Å². The summed E-state index contributed by atoms with van der Waals surface area (Å²) in [7, 11) is 0. The molecule has 0 aromatic carbocycles. The Morgan fingerprint density at radius 2 is 1.70 bits per heavy atom. The molecule has 1 fully saturated rings. The average Bonchev–Trinajstić information content (AvgIpc) is 3.10. The first-order valence-electron chi connectivity index (χ1n) is 8.90. The molecule has 1 aromatic rings. The van der Waals surface area contributed by atoms with Crippen molar-refractivity contribution in [3.63, 3.8) is 0 Å². The second-order valence-electron chi connectivity index (χ2n) is 6.12. The van der Waals surface area contributed by atoms with Gasteiger partial charge in [-0.15, -0.1) is 0 Å². The van der Waals surface area contributed by atoms with Gasteiger partial charge in [0.05, 0.1) is 18.8 Å². The molecule has 0 bridgehead atoms. The fourth-order valence-electron chi connectivity index (χ4n) is 2.12. The molecule has 2 rings (SSSR count). The molecule has 16 heteroatoms. The number of piperidine rings is 1. The zero-order valence-electron chi connectivity index (χ0n) is 17.0. The third-order valence-corrected chi connectivity index (χ3v) is 4.60. The van der Waals surface area contributed by atoms with Crippen LogP contribution >= 0.6 is 11.8 Å². The summed E-state index contributed by atoms with van der Waals surface area (Å²) in [6.07, 6.45) is -5.31. The molecule has 1 aliphatic rings. The van der Waals surface area contributed by atoms with Gasteiger partial charge in [0.2, 0.25) is 0 Å². The number of hydrogen-bond donors (Lipinski definition) is 4. The fraction of sp³-hybridized carbons (Fsp3) is 0.529. The predicted octanol–water partition coefficient (Wildman–Crippen LogP) is 2.17. The number of nitrogens with zero attached hydrogens (tertiary/aromatic N) is 2. The largest absolute Gasteiger partial charge is 0.490 e. The molecule has 33 heavy (non-hydrogen) atoms. The number of aliphatic hydroxyl groups excluding tert-OH is 1. The van der Waals surface area contributed by atoms with Gasteiger partial charge < -0.3 is 20.6 Å². The van der Waals surface area contributed by atoms with E-state index in [1.807, 2.05) is 18.3 Å². The van der Waals surface area contributed by atoms with Gasteiger partial charge in [-0.1, -0.05) is 11.8 Å². The summed E-state index contributed by atoms with van der Waals surface area (Å²) in [6.45, 7) is 3.95. The molecule has 0 aliphatic carbocycles. The summed E-state index contributed by atoms with van der Waals surface area (Å²) in [4.78, 5) is 29.1. The normalized spacial score (nSPS) is 17.3. The van der Waals surface area contributed by atoms with Crippen molar-refractivity contribution in [1.82, 2.24) is 15.1 Å². The lowest BCUT2D eigenvalue weighted by atomic mass is 10.0. The number of carbonyl (C=O) groups excluding carboxylic acids is 1. The van der Waals surface area contributed by atoms with E-state index in [0.717, 1.165) is 25.2 Å². The quantitative estimate of drug-likeness (QED) is 0.449. The smallest absolute Gasteiger partial charge is 0.475 e. The number of carboxylic acid groups (broad SMARTS) is 2. The molecule has 0 amide bonds. The standard InChI is InChI=1S/C13H19N3O2S.2C2HF3O2/c1-10(18)19-13-2-4-14-9-11(13)8-12-3-5-16(15-12)6-7-17;2*3-2(4,5)1(6)7/h3,5,8,13-14,17H,2,4,6-7,9H2,1H3;2*(H,6,7)/b11-8+;;. The molecule has 1 unspecified atom stereocenters. The molecule has 0 saturated carbocycles. The minimum atomic E-state index is -5.08. The first-order chi connectivity index (χ1) is 15.1. The zero-order chi connectivity index (χ0) is 25.8. The van der Waals surface area contributed by atoms with Gasteiger partial charge in [0.25, 0.3) is 0 Å². The van der Waals surface area contributed by atoms with Crippen molar-refractivity contribution in [3.8, 4) is 0 Å². The van der Waals surface area contributed by atoms with Crippen molar-refractivity contribution in [2.24, 2.45) is 0 Å². The van der Waals surface area contributed by atoms with Gasteiger partial charge in [-0.25, -0.2) is 9.59 Å². The zero-order valence-corrected chi connectivity index (χ0v) is 17.8. The van der Waals surface area contributed by atoms with E-state index in [4.69, 9.17) is 24.9 Å². The maximum Gasteiger partial charge on any atom is 0.490 e. The number of carboxylic acids is 2. The van der Waals surface area contributed by atoms with Gasteiger partial charge in [0, 0.05) is 24.9 Å². The van der Waals surface area contributed by atoms with E-state index < -0.39 is 24.3 Å². The van der Waals surface area contributed by atoms with Crippen molar-refractivity contribution in [1.29, 1.82) is 0 Å². The van der Waals surface area contributed by atoms with E-state index in [1.54, 1.807) is 11.6 Å². The van der Waals surface area contributed by atoms with Crippen LogP contribution in [0.4, 0.5) is 26.3 Å².